The van der Waals surface area contributed by atoms with Gasteiger partial charge in [-0.25, -0.2) is 9.69 Å². The summed E-state index contributed by atoms with van der Waals surface area (Å²) in [6, 6.07) is 0. The Morgan fingerprint density at radius 1 is 1.75 bits per heavy atom. The summed E-state index contributed by atoms with van der Waals surface area (Å²) in [5.74, 6) is -0.149. The van der Waals surface area contributed by atoms with Crippen LogP contribution in [-0.4, -0.2) is 30.1 Å². The first-order valence-electron chi connectivity index (χ1n) is 3.83. The fourth-order valence-electron chi connectivity index (χ4n) is 1.05. The average Bonchev–Trinajstić information content (AvgIpc) is 2.47. The molecule has 66 valence electrons. The molecule has 0 aromatic heterocycles. The third kappa shape index (κ3) is 1.84. The normalized spacial score (nSPS) is 16.3. The zero-order chi connectivity index (χ0) is 8.97. The van der Waals surface area contributed by atoms with Gasteiger partial charge in [-0.2, -0.15) is 0 Å². The lowest BCUT2D eigenvalue weighted by atomic mass is 10.4. The van der Waals surface area contributed by atoms with E-state index >= 15 is 0 Å². The van der Waals surface area contributed by atoms with Crippen LogP contribution in [0.5, 0.6) is 0 Å². The second kappa shape index (κ2) is 3.90. The Balaban J connectivity index is 2.40. The Labute approximate surface area is 70.8 Å². The minimum absolute atomic E-state index is 0.149. The van der Waals surface area contributed by atoms with Crippen LogP contribution in [-0.2, 0) is 9.53 Å². The number of nitrogens with zero attached hydrogens (tertiary/aromatic N) is 1. The first-order chi connectivity index (χ1) is 5.75. The number of likely N-dealkylation sites (tertiary alicyclic amines) is 1. The lowest BCUT2D eigenvalue weighted by Gasteiger charge is -2.11. The molecule has 1 rings (SSSR count). The zero-order valence-corrected chi connectivity index (χ0v) is 6.78. The summed E-state index contributed by atoms with van der Waals surface area (Å²) in [5.41, 5.74) is 0. The lowest BCUT2D eigenvalue weighted by Crippen LogP contribution is -2.32. The van der Waals surface area contributed by atoms with Gasteiger partial charge in [0.15, 0.2) is 0 Å². The summed E-state index contributed by atoms with van der Waals surface area (Å²) >= 11 is 0. The van der Waals surface area contributed by atoms with E-state index in [4.69, 9.17) is 4.74 Å². The van der Waals surface area contributed by atoms with Crippen molar-refractivity contribution in [1.82, 2.24) is 4.90 Å². The number of hydrogen-bond donors (Lipinski definition) is 0. The maximum atomic E-state index is 11.0. The molecule has 12 heavy (non-hydrogen) atoms. The Morgan fingerprint density at radius 3 is 3.00 bits per heavy atom. The Morgan fingerprint density at radius 2 is 2.50 bits per heavy atom. The molecule has 0 saturated carbocycles. The summed E-state index contributed by atoms with van der Waals surface area (Å²) in [6.07, 6.45) is 2.10. The lowest BCUT2D eigenvalue weighted by molar-refractivity contribution is -0.126. The molecule has 0 unspecified atom stereocenters. The summed E-state index contributed by atoms with van der Waals surface area (Å²) in [4.78, 5) is 23.2. The van der Waals surface area contributed by atoms with Crippen molar-refractivity contribution in [3.8, 4) is 0 Å². The standard InChI is InChI=1S/C8H11NO3/c1-2-6-12-8(11)9-5-3-4-7(9)10/h2H,1,3-6H2. The zero-order valence-electron chi connectivity index (χ0n) is 6.78. The van der Waals surface area contributed by atoms with Gasteiger partial charge in [-0.3, -0.25) is 4.79 Å². The van der Waals surface area contributed by atoms with Crippen LogP contribution < -0.4 is 0 Å². The predicted octanol–water partition coefficient (Wildman–Crippen LogP) is 0.931. The molecule has 0 spiro atoms. The van der Waals surface area contributed by atoms with E-state index in [1.165, 1.54) is 6.08 Å². The highest BCUT2D eigenvalue weighted by molar-refractivity contribution is 5.93. The smallest absolute Gasteiger partial charge is 0.416 e. The minimum atomic E-state index is -0.558. The summed E-state index contributed by atoms with van der Waals surface area (Å²) in [6.45, 7) is 4.03. The average molecular weight is 169 g/mol. The number of rotatable bonds is 2. The van der Waals surface area contributed by atoms with Gasteiger partial charge < -0.3 is 4.74 Å². The molecule has 1 aliphatic rings. The second-order valence-electron chi connectivity index (χ2n) is 2.51. The van der Waals surface area contributed by atoms with Crippen LogP contribution in [0.4, 0.5) is 4.79 Å². The highest BCUT2D eigenvalue weighted by Gasteiger charge is 2.27. The maximum Gasteiger partial charge on any atom is 0.416 e. The highest BCUT2D eigenvalue weighted by atomic mass is 16.6. The van der Waals surface area contributed by atoms with Gasteiger partial charge >= 0.3 is 6.09 Å². The molecule has 1 fully saturated rings. The largest absolute Gasteiger partial charge is 0.445 e. The predicted molar refractivity (Wildman–Crippen MR) is 42.5 cm³/mol. The fraction of sp³-hybridized carbons (Fsp3) is 0.500. The van der Waals surface area contributed by atoms with Gasteiger partial charge in [0.05, 0.1) is 0 Å². The molecular weight excluding hydrogens is 158 g/mol. The van der Waals surface area contributed by atoms with E-state index < -0.39 is 6.09 Å². The fourth-order valence-corrected chi connectivity index (χ4v) is 1.05. The quantitative estimate of drug-likeness (QED) is 0.578. The molecule has 0 aromatic rings. The highest BCUT2D eigenvalue weighted by Crippen LogP contribution is 2.10. The third-order valence-electron chi connectivity index (χ3n) is 1.62. The van der Waals surface area contributed by atoms with E-state index in [1.807, 2.05) is 0 Å². The minimum Gasteiger partial charge on any atom is -0.445 e. The summed E-state index contributed by atoms with van der Waals surface area (Å²) < 4.78 is 4.69. The number of carbonyl (C=O) groups excluding carboxylic acids is 2. The van der Waals surface area contributed by atoms with Crippen molar-refractivity contribution >= 4 is 12.0 Å². The van der Waals surface area contributed by atoms with Crippen molar-refractivity contribution in [1.29, 1.82) is 0 Å². The van der Waals surface area contributed by atoms with Crippen LogP contribution in [0, 0.1) is 0 Å². The van der Waals surface area contributed by atoms with Gasteiger partial charge in [0.1, 0.15) is 6.61 Å². The van der Waals surface area contributed by atoms with Gasteiger partial charge in [-0.15, -0.1) is 0 Å². The Bertz CT molecular complexity index is 212. The second-order valence-corrected chi connectivity index (χ2v) is 2.51. The van der Waals surface area contributed by atoms with E-state index in [1.54, 1.807) is 0 Å². The molecular formula is C8H11NO3. The van der Waals surface area contributed by atoms with Gasteiger partial charge in [0.2, 0.25) is 5.91 Å². The molecule has 1 heterocycles. The van der Waals surface area contributed by atoms with Crippen LogP contribution >= 0.6 is 0 Å². The van der Waals surface area contributed by atoms with Crippen molar-refractivity contribution in [2.75, 3.05) is 13.2 Å². The maximum absolute atomic E-state index is 11.0. The summed E-state index contributed by atoms with van der Waals surface area (Å²) in [5, 5.41) is 0. The van der Waals surface area contributed by atoms with Crippen molar-refractivity contribution in [3.05, 3.63) is 12.7 Å². The van der Waals surface area contributed by atoms with E-state index in [-0.39, 0.29) is 12.5 Å². The number of imide groups is 1. The monoisotopic (exact) mass is 169 g/mol. The van der Waals surface area contributed by atoms with Crippen LogP contribution in [0.25, 0.3) is 0 Å². The molecule has 0 N–H and O–H groups in total. The van der Waals surface area contributed by atoms with Crippen LogP contribution in [0.1, 0.15) is 12.8 Å². The van der Waals surface area contributed by atoms with Crippen molar-refractivity contribution < 1.29 is 14.3 Å². The molecule has 0 atom stereocenters. The van der Waals surface area contributed by atoms with E-state index in [0.29, 0.717) is 13.0 Å². The van der Waals surface area contributed by atoms with Gasteiger partial charge in [0, 0.05) is 13.0 Å². The molecule has 0 aromatic carbocycles. The molecule has 1 saturated heterocycles. The van der Waals surface area contributed by atoms with Crippen LogP contribution in [0.3, 0.4) is 0 Å². The van der Waals surface area contributed by atoms with Gasteiger partial charge in [-0.05, 0) is 6.42 Å². The molecule has 0 bridgehead atoms. The molecule has 1 aliphatic heterocycles. The van der Waals surface area contributed by atoms with Crippen LogP contribution in [0.2, 0.25) is 0 Å². The summed E-state index contributed by atoms with van der Waals surface area (Å²) in [7, 11) is 0. The first kappa shape index (κ1) is 8.77. The van der Waals surface area contributed by atoms with Crippen molar-refractivity contribution in [2.24, 2.45) is 0 Å². The van der Waals surface area contributed by atoms with E-state index in [2.05, 4.69) is 6.58 Å². The van der Waals surface area contributed by atoms with Gasteiger partial charge in [0.25, 0.3) is 0 Å². The number of carbonyl (C=O) groups is 2. The first-order valence-corrected chi connectivity index (χ1v) is 3.83. The number of hydrogen-bond acceptors (Lipinski definition) is 3. The molecule has 2 amide bonds. The molecule has 0 radical (unpaired) electrons. The van der Waals surface area contributed by atoms with Crippen molar-refractivity contribution in [2.45, 2.75) is 12.8 Å². The van der Waals surface area contributed by atoms with Gasteiger partial charge in [-0.1, -0.05) is 12.7 Å². The van der Waals surface area contributed by atoms with Crippen molar-refractivity contribution in [3.63, 3.8) is 0 Å². The SMILES string of the molecule is C=CCOC(=O)N1CCCC1=O. The topological polar surface area (TPSA) is 46.6 Å². The van der Waals surface area contributed by atoms with E-state index in [9.17, 15) is 9.59 Å². The molecule has 4 heteroatoms. The van der Waals surface area contributed by atoms with Crippen LogP contribution in [0.15, 0.2) is 12.7 Å². The number of ether oxygens (including phenoxy) is 1. The Hall–Kier alpha value is -1.32. The Kier molecular flexibility index (Phi) is 2.85. The molecule has 4 nitrogen and oxygen atoms in total. The molecule has 0 aliphatic carbocycles. The van der Waals surface area contributed by atoms with E-state index in [0.717, 1.165) is 11.3 Å². The third-order valence-corrected chi connectivity index (χ3v) is 1.62. The number of amides is 2.